The topological polar surface area (TPSA) is 57.6 Å². The Labute approximate surface area is 192 Å². The summed E-state index contributed by atoms with van der Waals surface area (Å²) in [4.78, 5) is 27.3. The van der Waals surface area contributed by atoms with E-state index in [4.69, 9.17) is 0 Å². The number of hydrogen-bond acceptors (Lipinski definition) is 3. The zero-order chi connectivity index (χ0) is 22.0. The molecule has 31 heavy (non-hydrogen) atoms. The van der Waals surface area contributed by atoms with Gasteiger partial charge in [-0.1, -0.05) is 54.6 Å². The normalized spacial score (nSPS) is 16.4. The average molecular weight is 525 g/mol. The maximum atomic E-state index is 14.8. The lowest BCUT2D eigenvalue weighted by Crippen LogP contribution is -2.31. The van der Waals surface area contributed by atoms with E-state index in [0.717, 1.165) is 9.13 Å². The van der Waals surface area contributed by atoms with E-state index < -0.39 is 29.3 Å². The molecular formula is C25H17FINO3. The predicted molar refractivity (Wildman–Crippen MR) is 126 cm³/mol. The summed E-state index contributed by atoms with van der Waals surface area (Å²) in [7, 11) is 0. The minimum Gasteiger partial charge on any atom is -0.503 e. The zero-order valence-electron chi connectivity index (χ0n) is 16.2. The highest BCUT2D eigenvalue weighted by molar-refractivity contribution is 14.1. The van der Waals surface area contributed by atoms with Gasteiger partial charge in [0.25, 0.3) is 5.91 Å². The van der Waals surface area contributed by atoms with E-state index >= 15 is 0 Å². The molecular weight excluding hydrogens is 508 g/mol. The highest BCUT2D eigenvalue weighted by atomic mass is 127. The van der Waals surface area contributed by atoms with Crippen LogP contribution in [0, 0.1) is 9.39 Å². The number of rotatable bonds is 5. The van der Waals surface area contributed by atoms with Crippen LogP contribution in [0.1, 0.15) is 17.2 Å². The molecule has 1 atom stereocenters. The molecule has 4 nitrogen and oxygen atoms in total. The lowest BCUT2D eigenvalue weighted by molar-refractivity contribution is -0.117. The molecule has 1 heterocycles. The summed E-state index contributed by atoms with van der Waals surface area (Å²) in [5.41, 5.74) is 1.23. The van der Waals surface area contributed by atoms with Gasteiger partial charge in [0.2, 0.25) is 0 Å². The van der Waals surface area contributed by atoms with Gasteiger partial charge in [-0.25, -0.2) is 4.39 Å². The van der Waals surface area contributed by atoms with E-state index in [-0.39, 0.29) is 11.1 Å². The monoisotopic (exact) mass is 525 g/mol. The molecule has 1 aliphatic heterocycles. The Hall–Kier alpha value is -3.26. The molecule has 0 radical (unpaired) electrons. The number of anilines is 1. The third-order valence-corrected chi connectivity index (χ3v) is 5.72. The van der Waals surface area contributed by atoms with Gasteiger partial charge in [0.1, 0.15) is 5.82 Å². The first-order valence-corrected chi connectivity index (χ1v) is 10.6. The molecule has 0 aromatic heterocycles. The van der Waals surface area contributed by atoms with Crippen molar-refractivity contribution in [3.8, 4) is 0 Å². The quantitative estimate of drug-likeness (QED) is 0.348. The van der Waals surface area contributed by atoms with E-state index in [0.29, 0.717) is 5.69 Å². The number of allylic oxidation sites excluding steroid dienone is 1. The van der Waals surface area contributed by atoms with Gasteiger partial charge in [0.05, 0.1) is 11.6 Å². The molecule has 1 amide bonds. The van der Waals surface area contributed by atoms with E-state index in [1.807, 2.05) is 30.3 Å². The molecule has 1 N–H and O–H groups in total. The Balaban J connectivity index is 1.81. The van der Waals surface area contributed by atoms with Crippen molar-refractivity contribution in [1.82, 2.24) is 0 Å². The molecule has 0 spiro atoms. The standard InChI is InChI=1S/C25H17FINO3/c26-20-9-5-4-8-19(20)23-22(21(29)15-10-16-6-2-1-3-7-16)24(30)25(31)28(23)18-13-11-17(27)12-14-18/h1-15,23,30H/b15-10+/t23-/m1/s1. The lowest BCUT2D eigenvalue weighted by atomic mass is 9.95. The second-order valence-corrected chi connectivity index (χ2v) is 8.19. The lowest BCUT2D eigenvalue weighted by Gasteiger charge is -2.27. The predicted octanol–water partition coefficient (Wildman–Crippen LogP) is 5.61. The third kappa shape index (κ3) is 4.16. The molecule has 154 valence electrons. The van der Waals surface area contributed by atoms with Gasteiger partial charge in [-0.3, -0.25) is 14.5 Å². The second kappa shape index (κ2) is 8.85. The summed E-state index contributed by atoms with van der Waals surface area (Å²) >= 11 is 2.14. The van der Waals surface area contributed by atoms with E-state index in [1.54, 1.807) is 36.4 Å². The van der Waals surface area contributed by atoms with Crippen LogP contribution in [0.5, 0.6) is 0 Å². The molecule has 0 bridgehead atoms. The smallest absolute Gasteiger partial charge is 0.294 e. The molecule has 6 heteroatoms. The number of carbonyl (C=O) groups is 2. The van der Waals surface area contributed by atoms with Gasteiger partial charge in [-0.15, -0.1) is 0 Å². The summed E-state index contributed by atoms with van der Waals surface area (Å²) in [6, 6.07) is 21.0. The fourth-order valence-electron chi connectivity index (χ4n) is 3.54. The summed E-state index contributed by atoms with van der Waals surface area (Å²) in [6.07, 6.45) is 2.89. The first kappa shape index (κ1) is 21.0. The van der Waals surface area contributed by atoms with Crippen LogP contribution in [0.2, 0.25) is 0 Å². The first-order valence-electron chi connectivity index (χ1n) is 9.51. The van der Waals surface area contributed by atoms with Crippen molar-refractivity contribution in [2.75, 3.05) is 4.90 Å². The maximum absolute atomic E-state index is 14.8. The minimum absolute atomic E-state index is 0.134. The van der Waals surface area contributed by atoms with Gasteiger partial charge in [-0.2, -0.15) is 0 Å². The number of amides is 1. The molecule has 0 fully saturated rings. The van der Waals surface area contributed by atoms with Crippen LogP contribution >= 0.6 is 22.6 Å². The second-order valence-electron chi connectivity index (χ2n) is 6.95. The summed E-state index contributed by atoms with van der Waals surface area (Å²) in [6.45, 7) is 0. The molecule has 4 rings (SSSR count). The Bertz CT molecular complexity index is 1200. The van der Waals surface area contributed by atoms with Crippen LogP contribution in [0.15, 0.2) is 96.3 Å². The van der Waals surface area contributed by atoms with Crippen molar-refractivity contribution in [3.05, 3.63) is 117 Å². The van der Waals surface area contributed by atoms with Crippen molar-refractivity contribution in [2.24, 2.45) is 0 Å². The number of nitrogens with zero attached hydrogens (tertiary/aromatic N) is 1. The van der Waals surface area contributed by atoms with Crippen molar-refractivity contribution < 1.29 is 19.1 Å². The Morgan fingerprint density at radius 2 is 1.61 bits per heavy atom. The highest BCUT2D eigenvalue weighted by Crippen LogP contribution is 2.42. The number of halogens is 2. The van der Waals surface area contributed by atoms with Crippen molar-refractivity contribution >= 4 is 46.0 Å². The largest absolute Gasteiger partial charge is 0.503 e. The van der Waals surface area contributed by atoms with E-state index in [1.165, 1.54) is 29.2 Å². The third-order valence-electron chi connectivity index (χ3n) is 5.00. The minimum atomic E-state index is -1.08. The average Bonchev–Trinajstić information content (AvgIpc) is 3.04. The molecule has 3 aromatic carbocycles. The highest BCUT2D eigenvalue weighted by Gasteiger charge is 2.44. The summed E-state index contributed by atoms with van der Waals surface area (Å²) < 4.78 is 15.7. The van der Waals surface area contributed by atoms with E-state index in [9.17, 15) is 19.1 Å². The van der Waals surface area contributed by atoms with Crippen LogP contribution in [0.4, 0.5) is 10.1 Å². The van der Waals surface area contributed by atoms with Crippen molar-refractivity contribution in [3.63, 3.8) is 0 Å². The molecule has 0 unspecified atom stereocenters. The fourth-order valence-corrected chi connectivity index (χ4v) is 3.90. The fraction of sp³-hybridized carbons (Fsp3) is 0.0400. The Kier molecular flexibility index (Phi) is 5.99. The first-order chi connectivity index (χ1) is 15.0. The maximum Gasteiger partial charge on any atom is 0.294 e. The molecule has 0 aliphatic carbocycles. The van der Waals surface area contributed by atoms with Gasteiger partial charge in [0.15, 0.2) is 11.5 Å². The number of hydrogen-bond donors (Lipinski definition) is 1. The van der Waals surface area contributed by atoms with Gasteiger partial charge >= 0.3 is 0 Å². The van der Waals surface area contributed by atoms with Crippen LogP contribution in [-0.2, 0) is 9.59 Å². The molecule has 3 aromatic rings. The molecule has 0 saturated carbocycles. The number of carbonyl (C=O) groups excluding carboxylic acids is 2. The number of aliphatic hydroxyl groups is 1. The van der Waals surface area contributed by atoms with Crippen LogP contribution in [-0.4, -0.2) is 16.8 Å². The van der Waals surface area contributed by atoms with Gasteiger partial charge < -0.3 is 5.11 Å². The van der Waals surface area contributed by atoms with Crippen LogP contribution < -0.4 is 4.90 Å². The zero-order valence-corrected chi connectivity index (χ0v) is 18.4. The number of aliphatic hydroxyl groups excluding tert-OH is 1. The van der Waals surface area contributed by atoms with E-state index in [2.05, 4.69) is 22.6 Å². The summed E-state index contributed by atoms with van der Waals surface area (Å²) in [5.74, 6) is -2.54. The SMILES string of the molecule is O=C(/C=C/c1ccccc1)C1=C(O)C(=O)N(c2ccc(I)cc2)[C@@H]1c1ccccc1F. The van der Waals surface area contributed by atoms with Gasteiger partial charge in [0, 0.05) is 14.8 Å². The van der Waals surface area contributed by atoms with Crippen molar-refractivity contribution in [1.29, 1.82) is 0 Å². The number of benzene rings is 3. The number of ketones is 1. The Morgan fingerprint density at radius 1 is 0.968 bits per heavy atom. The summed E-state index contributed by atoms with van der Waals surface area (Å²) in [5, 5.41) is 10.6. The molecule has 0 saturated heterocycles. The Morgan fingerprint density at radius 3 is 2.29 bits per heavy atom. The van der Waals surface area contributed by atoms with Crippen LogP contribution in [0.3, 0.4) is 0 Å². The van der Waals surface area contributed by atoms with Gasteiger partial charge in [-0.05, 0) is 64.6 Å². The van der Waals surface area contributed by atoms with Crippen molar-refractivity contribution in [2.45, 2.75) is 6.04 Å². The molecule has 1 aliphatic rings. The van der Waals surface area contributed by atoms with Crippen LogP contribution in [0.25, 0.3) is 6.08 Å².